The van der Waals surface area contributed by atoms with Gasteiger partial charge in [-0.15, -0.1) is 0 Å². The number of fused-ring (bicyclic) bond motifs is 4. The second-order valence-corrected chi connectivity index (χ2v) is 26.6. The van der Waals surface area contributed by atoms with Gasteiger partial charge in [-0.1, -0.05) is 51.0 Å². The van der Waals surface area contributed by atoms with Crippen molar-refractivity contribution < 1.29 is 120 Å². The Hall–Kier alpha value is -2.39. The lowest BCUT2D eigenvalue weighted by atomic mass is 9.41. The molecule has 0 radical (unpaired) electrons. The predicted molar refractivity (Wildman–Crippen MR) is 276 cm³/mol. The van der Waals surface area contributed by atoms with Crippen molar-refractivity contribution >= 4 is 22.3 Å². The van der Waals surface area contributed by atoms with Gasteiger partial charge in [-0.2, -0.15) is 8.42 Å². The highest BCUT2D eigenvalue weighted by Crippen LogP contribution is 2.77. The molecule has 1 spiro atoms. The van der Waals surface area contributed by atoms with Crippen LogP contribution in [0.15, 0.2) is 23.3 Å². The summed E-state index contributed by atoms with van der Waals surface area (Å²) >= 11 is 0. The van der Waals surface area contributed by atoms with E-state index in [0.717, 1.165) is 5.57 Å². The maximum Gasteiger partial charge on any atom is 0.397 e. The number of hydrogen-bond acceptors (Lipinski definition) is 24. The zero-order valence-electron chi connectivity index (χ0n) is 47.7. The van der Waals surface area contributed by atoms with Gasteiger partial charge in [0, 0.05) is 19.4 Å². The highest BCUT2D eigenvalue weighted by molar-refractivity contribution is 7.80. The van der Waals surface area contributed by atoms with E-state index in [1.165, 1.54) is 26.5 Å². The maximum absolute atomic E-state index is 14.7. The minimum atomic E-state index is -5.16. The van der Waals surface area contributed by atoms with E-state index < -0.39 is 181 Å². The molecule has 462 valence electrons. The van der Waals surface area contributed by atoms with Crippen molar-refractivity contribution in [2.45, 2.75) is 242 Å². The van der Waals surface area contributed by atoms with E-state index in [2.05, 4.69) is 39.8 Å². The van der Waals surface area contributed by atoms with Gasteiger partial charge in [-0.3, -0.25) is 14.1 Å². The van der Waals surface area contributed by atoms with Gasteiger partial charge in [0.2, 0.25) is 0 Å². The summed E-state index contributed by atoms with van der Waals surface area (Å²) in [5.41, 5.74) is -1.02. The molecule has 5 saturated heterocycles. The number of aliphatic hydroxyl groups is 8. The lowest BCUT2D eigenvalue weighted by molar-refractivity contribution is -0.382. The molecule has 3 saturated carbocycles. The molecule has 0 bridgehead atoms. The van der Waals surface area contributed by atoms with Gasteiger partial charge >= 0.3 is 22.3 Å². The molecule has 4 aliphatic carbocycles. The molecule has 9 aliphatic rings. The first-order valence-corrected chi connectivity index (χ1v) is 29.7. The molecule has 26 heteroatoms. The summed E-state index contributed by atoms with van der Waals surface area (Å²) in [7, 11) is -3.95. The van der Waals surface area contributed by atoms with Crippen molar-refractivity contribution in [2.24, 2.45) is 39.4 Å². The molecular formula is C55H86O25S. The lowest BCUT2D eigenvalue weighted by Gasteiger charge is -2.64. The van der Waals surface area contributed by atoms with Crippen LogP contribution in [-0.2, 0) is 76.3 Å². The Morgan fingerprint density at radius 1 is 0.765 bits per heavy atom. The summed E-state index contributed by atoms with van der Waals surface area (Å²) in [6.45, 7) is 15.8. The Labute approximate surface area is 472 Å². The first-order valence-electron chi connectivity index (χ1n) is 28.3. The van der Waals surface area contributed by atoms with E-state index in [0.29, 0.717) is 51.4 Å². The molecule has 5 heterocycles. The van der Waals surface area contributed by atoms with Crippen molar-refractivity contribution in [1.29, 1.82) is 0 Å². The van der Waals surface area contributed by atoms with Crippen LogP contribution in [0.5, 0.6) is 0 Å². The van der Waals surface area contributed by atoms with Crippen LogP contribution in [0.4, 0.5) is 0 Å². The number of methoxy groups -OCH3 is 1. The van der Waals surface area contributed by atoms with Crippen LogP contribution in [0, 0.1) is 39.4 Å². The van der Waals surface area contributed by atoms with Crippen molar-refractivity contribution in [2.75, 3.05) is 26.9 Å². The van der Waals surface area contributed by atoms with Gasteiger partial charge in [0.15, 0.2) is 25.2 Å². The smallest absolute Gasteiger partial charge is 0.397 e. The second-order valence-electron chi connectivity index (χ2n) is 25.6. The molecule has 0 aromatic carbocycles. The number of ether oxygens (including phenoxy) is 11. The molecule has 25 nitrogen and oxygen atoms in total. The van der Waals surface area contributed by atoms with Gasteiger partial charge in [-0.25, -0.2) is 4.18 Å². The Morgan fingerprint density at radius 2 is 1.42 bits per heavy atom. The Balaban J connectivity index is 0.908. The van der Waals surface area contributed by atoms with Gasteiger partial charge in [-0.05, 0) is 102 Å². The minimum Gasteiger partial charge on any atom is -0.462 e. The van der Waals surface area contributed by atoms with Crippen LogP contribution in [0.3, 0.4) is 0 Å². The van der Waals surface area contributed by atoms with Crippen LogP contribution in [0.25, 0.3) is 0 Å². The Kier molecular flexibility index (Phi) is 18.2. The summed E-state index contributed by atoms with van der Waals surface area (Å²) in [6.07, 6.45) is -20.9. The summed E-state index contributed by atoms with van der Waals surface area (Å²) in [5.74, 6) is -0.962. The van der Waals surface area contributed by atoms with Crippen LogP contribution < -0.4 is 0 Å². The first kappa shape index (κ1) is 63.1. The fourth-order valence-electron chi connectivity index (χ4n) is 16.3. The van der Waals surface area contributed by atoms with Crippen LogP contribution in [0.2, 0.25) is 0 Å². The Morgan fingerprint density at radius 3 is 2.07 bits per heavy atom. The number of aliphatic hydroxyl groups excluding tert-OH is 8. The standard InChI is InChI=1S/C55H86O25S/c1-24(2)12-11-17-54(9)45-30(73-26(4)57)20-53(8)28-13-14-33-51(5,6)34(16-18-52(33,7)27(28)15-19-55(45,53)50(65)79-54)75-49-44(36(60)32(23-71-49)80-81(66,67)68)78-47-38(62)37(61)41(25(3)72-47)76-46-39(63)42(29(58)22-70-46)77-48-40(64)43(69-10)35(59)31(21-56)74-48/h12-13,25,27,29-49,56,58-64H,11,14-23H2,1-10H3,(H,66,67,68)/t25-,27+,29-,30+,31-,32-,33+,34+,35-,36+,37-,38-,39-,40-,41-,42+,43+,44-,45-,46+,47+,48+,49+,52-,53+,54+,55?/m1/s1. The van der Waals surface area contributed by atoms with Crippen LogP contribution >= 0.6 is 0 Å². The van der Waals surface area contributed by atoms with E-state index in [4.69, 9.17) is 56.3 Å². The fourth-order valence-corrected chi connectivity index (χ4v) is 16.8. The quantitative estimate of drug-likeness (QED) is 0.0581. The van der Waals surface area contributed by atoms with Gasteiger partial charge < -0.3 is 93.0 Å². The SMILES string of the molecule is CO[C@@H]1[C@@H](O)[C@H](O[C@@H]2[C@@H](O)[C@H](O[C@H]3[C@H](O)[C@@H](O)[C@H](O[C@H]4[C@H](O[C@H]5CC[C@]6(C)[C@H]7CCC89C(=O)O[C@@](C)(CCC=C(C)C)[C@H]8[C@@H](OC(C)=O)C[C@@]9(C)C7=CC[C@H]6C5(C)C)OC[C@@H](OS(=O)(=O)O)[C@@H]4O)O[C@@H]3C)OC[C@H]2O)O[C@H](CO)[C@H]1O. The largest absolute Gasteiger partial charge is 0.462 e. The number of hydrogen-bond donors (Lipinski definition) is 9. The van der Waals surface area contributed by atoms with E-state index in [9.17, 15) is 63.4 Å². The summed E-state index contributed by atoms with van der Waals surface area (Å²) in [5, 5.41) is 88.4. The second kappa shape index (κ2) is 23.4. The highest BCUT2D eigenvalue weighted by atomic mass is 32.3. The number of esters is 2. The zero-order valence-corrected chi connectivity index (χ0v) is 48.5. The third-order valence-electron chi connectivity index (χ3n) is 20.2. The molecule has 81 heavy (non-hydrogen) atoms. The lowest BCUT2D eigenvalue weighted by Crippen LogP contribution is -2.65. The molecule has 0 aromatic rings. The molecule has 9 N–H and O–H groups in total. The third-order valence-corrected chi connectivity index (χ3v) is 20.6. The molecule has 0 aromatic heterocycles. The number of allylic oxidation sites excluding steroid dienone is 4. The minimum absolute atomic E-state index is 0.0129. The topological polar surface area (TPSA) is 361 Å². The van der Waals surface area contributed by atoms with E-state index >= 15 is 0 Å². The predicted octanol–water partition coefficient (Wildman–Crippen LogP) is 0.620. The highest BCUT2D eigenvalue weighted by Gasteiger charge is 2.79. The molecule has 0 amide bonds. The van der Waals surface area contributed by atoms with Gasteiger partial charge in [0.05, 0.1) is 43.4 Å². The molecular weight excluding hydrogens is 1090 g/mol. The first-order chi connectivity index (χ1) is 37.9. The van der Waals surface area contributed by atoms with Crippen molar-refractivity contribution in [3.05, 3.63) is 23.3 Å². The number of carbonyl (C=O) groups is 2. The summed E-state index contributed by atoms with van der Waals surface area (Å²) in [4.78, 5) is 27.4. The number of rotatable bonds is 16. The van der Waals surface area contributed by atoms with Crippen molar-refractivity contribution in [1.82, 2.24) is 0 Å². The molecule has 27 atom stereocenters. The normalized spacial score (nSPS) is 49.5. The summed E-state index contributed by atoms with van der Waals surface area (Å²) < 4.78 is 104. The van der Waals surface area contributed by atoms with Crippen LogP contribution in [-0.4, -0.2) is 221 Å². The number of carbonyl (C=O) groups excluding carboxylic acids is 2. The average molecular weight is 1180 g/mol. The maximum atomic E-state index is 14.7. The van der Waals surface area contributed by atoms with E-state index in [1.807, 2.05) is 20.8 Å². The molecule has 5 aliphatic heterocycles. The van der Waals surface area contributed by atoms with Crippen LogP contribution in [0.1, 0.15) is 114 Å². The third kappa shape index (κ3) is 11.1. The van der Waals surface area contributed by atoms with E-state index in [-0.39, 0.29) is 29.1 Å². The van der Waals surface area contributed by atoms with Crippen molar-refractivity contribution in [3.8, 4) is 0 Å². The average Bonchev–Trinajstić information content (AvgIpc) is 1.74. The van der Waals surface area contributed by atoms with Gasteiger partial charge in [0.1, 0.15) is 91.1 Å². The Bertz CT molecular complexity index is 2460. The van der Waals surface area contributed by atoms with Crippen molar-refractivity contribution in [3.63, 3.8) is 0 Å². The molecule has 1 unspecified atom stereocenters. The fraction of sp³-hybridized carbons (Fsp3) is 0.891. The monoisotopic (exact) mass is 1180 g/mol. The molecule has 8 fully saturated rings. The van der Waals surface area contributed by atoms with E-state index in [1.54, 1.807) is 0 Å². The zero-order chi connectivity index (χ0) is 59.3. The van der Waals surface area contributed by atoms with Gasteiger partial charge in [0.25, 0.3) is 0 Å². The molecule has 9 rings (SSSR count). The number of cyclic esters (lactones) is 1. The summed E-state index contributed by atoms with van der Waals surface area (Å²) in [6, 6.07) is 0.